The van der Waals surface area contributed by atoms with Crippen molar-refractivity contribution in [3.63, 3.8) is 0 Å². The van der Waals surface area contributed by atoms with Crippen LogP contribution >= 0.6 is 0 Å². The Kier molecular flexibility index (Phi) is 3.02. The summed E-state index contributed by atoms with van der Waals surface area (Å²) >= 11 is 0. The van der Waals surface area contributed by atoms with Crippen molar-refractivity contribution in [1.82, 2.24) is 0 Å². The highest BCUT2D eigenvalue weighted by molar-refractivity contribution is 5.80. The summed E-state index contributed by atoms with van der Waals surface area (Å²) in [5, 5.41) is 0. The van der Waals surface area contributed by atoms with Crippen molar-refractivity contribution < 1.29 is 14.3 Å². The van der Waals surface area contributed by atoms with E-state index in [4.69, 9.17) is 9.47 Å². The molecule has 3 heteroatoms. The summed E-state index contributed by atoms with van der Waals surface area (Å²) in [6.45, 7) is 5.01. The van der Waals surface area contributed by atoms with Crippen LogP contribution in [0.3, 0.4) is 0 Å². The van der Waals surface area contributed by atoms with Gasteiger partial charge in [0.05, 0.1) is 19.6 Å². The molecule has 1 rings (SSSR count). The van der Waals surface area contributed by atoms with Crippen molar-refractivity contribution in [3.8, 4) is 0 Å². The zero-order valence-electron chi connectivity index (χ0n) is 7.00. The maximum Gasteiger partial charge on any atom is 0.164 e. The maximum absolute atomic E-state index is 11.1. The molecule has 1 heterocycles. The van der Waals surface area contributed by atoms with E-state index in [1.54, 1.807) is 0 Å². The Morgan fingerprint density at radius 2 is 2.00 bits per heavy atom. The Bertz CT molecular complexity index is 136. The molecule has 0 N–H and O–H groups in total. The third-order valence-electron chi connectivity index (χ3n) is 1.70. The lowest BCUT2D eigenvalue weighted by Crippen LogP contribution is -2.17. The number of carbonyl (C=O) groups excluding carboxylic acids is 1. The normalized spacial score (nSPS) is 19.5. The van der Waals surface area contributed by atoms with Gasteiger partial charge in [-0.05, 0) is 0 Å². The molecule has 0 aromatic carbocycles. The van der Waals surface area contributed by atoms with Crippen LogP contribution in [-0.4, -0.2) is 25.3 Å². The lowest BCUT2D eigenvalue weighted by Gasteiger charge is -2.08. The Labute approximate surface area is 66.7 Å². The highest BCUT2D eigenvalue weighted by Gasteiger charge is 2.20. The summed E-state index contributed by atoms with van der Waals surface area (Å²) in [5.41, 5.74) is 0. The van der Waals surface area contributed by atoms with Crippen molar-refractivity contribution in [3.05, 3.63) is 0 Å². The molecule has 0 atom stereocenters. The minimum Gasteiger partial charge on any atom is -0.350 e. The van der Waals surface area contributed by atoms with Gasteiger partial charge in [-0.3, -0.25) is 4.79 Å². The van der Waals surface area contributed by atoms with Gasteiger partial charge in [-0.1, -0.05) is 13.8 Å². The molecular formula is C8H14O3. The number of ketones is 1. The summed E-state index contributed by atoms with van der Waals surface area (Å²) in [6, 6.07) is 0. The molecule has 3 nitrogen and oxygen atoms in total. The lowest BCUT2D eigenvalue weighted by molar-refractivity contribution is -0.130. The van der Waals surface area contributed by atoms with Gasteiger partial charge in [0.25, 0.3) is 0 Å². The molecule has 0 radical (unpaired) electrons. The van der Waals surface area contributed by atoms with Gasteiger partial charge >= 0.3 is 0 Å². The van der Waals surface area contributed by atoms with E-state index in [-0.39, 0.29) is 18.0 Å². The van der Waals surface area contributed by atoms with Crippen molar-refractivity contribution in [2.24, 2.45) is 5.92 Å². The minimum absolute atomic E-state index is 0.0859. The van der Waals surface area contributed by atoms with Crippen LogP contribution in [-0.2, 0) is 14.3 Å². The van der Waals surface area contributed by atoms with Crippen molar-refractivity contribution >= 4 is 5.78 Å². The summed E-state index contributed by atoms with van der Waals surface area (Å²) in [5.74, 6) is 0.291. The van der Waals surface area contributed by atoms with E-state index in [1.165, 1.54) is 0 Å². The molecule has 0 bridgehead atoms. The molecule has 1 fully saturated rings. The van der Waals surface area contributed by atoms with Gasteiger partial charge in [-0.25, -0.2) is 0 Å². The zero-order valence-corrected chi connectivity index (χ0v) is 7.00. The first kappa shape index (κ1) is 8.68. The summed E-state index contributed by atoms with van der Waals surface area (Å²) in [6.07, 6.45) is 0.127. The fourth-order valence-corrected chi connectivity index (χ4v) is 0.925. The predicted octanol–water partition coefficient (Wildman–Crippen LogP) is 0.974. The number of carbonyl (C=O) groups is 1. The SMILES string of the molecule is CC(C)C(=O)CC1OCCO1. The Morgan fingerprint density at radius 3 is 2.45 bits per heavy atom. The second kappa shape index (κ2) is 3.83. The Morgan fingerprint density at radius 1 is 1.45 bits per heavy atom. The van der Waals surface area contributed by atoms with E-state index < -0.39 is 0 Å². The average Bonchev–Trinajstić information content (AvgIpc) is 2.39. The molecule has 1 aliphatic rings. The van der Waals surface area contributed by atoms with Gasteiger partial charge in [0.2, 0.25) is 0 Å². The summed E-state index contributed by atoms with van der Waals surface area (Å²) < 4.78 is 10.3. The smallest absolute Gasteiger partial charge is 0.164 e. The lowest BCUT2D eigenvalue weighted by atomic mass is 10.1. The first-order valence-electron chi connectivity index (χ1n) is 3.96. The number of rotatable bonds is 3. The summed E-state index contributed by atoms with van der Waals surface area (Å²) in [4.78, 5) is 11.1. The topological polar surface area (TPSA) is 35.5 Å². The van der Waals surface area contributed by atoms with Gasteiger partial charge in [0, 0.05) is 5.92 Å². The molecular weight excluding hydrogens is 144 g/mol. The zero-order chi connectivity index (χ0) is 8.27. The van der Waals surface area contributed by atoms with Crippen LogP contribution in [0.15, 0.2) is 0 Å². The number of Topliss-reactive ketones (excluding diaryl/α,β-unsaturated/α-hetero) is 1. The quantitative estimate of drug-likeness (QED) is 0.614. The first-order chi connectivity index (χ1) is 5.20. The van der Waals surface area contributed by atoms with E-state index in [0.717, 1.165) is 0 Å². The van der Waals surface area contributed by atoms with E-state index in [1.807, 2.05) is 13.8 Å². The van der Waals surface area contributed by atoms with Crippen LogP contribution in [0.25, 0.3) is 0 Å². The van der Waals surface area contributed by atoms with Gasteiger partial charge < -0.3 is 9.47 Å². The monoisotopic (exact) mass is 158 g/mol. The predicted molar refractivity (Wildman–Crippen MR) is 40.2 cm³/mol. The minimum atomic E-state index is -0.273. The Hall–Kier alpha value is -0.410. The molecule has 0 aromatic rings. The van der Waals surface area contributed by atoms with E-state index >= 15 is 0 Å². The van der Waals surface area contributed by atoms with Crippen LogP contribution in [0.1, 0.15) is 20.3 Å². The Balaban J connectivity index is 2.24. The van der Waals surface area contributed by atoms with Crippen molar-refractivity contribution in [1.29, 1.82) is 0 Å². The molecule has 0 spiro atoms. The average molecular weight is 158 g/mol. The molecule has 11 heavy (non-hydrogen) atoms. The molecule has 1 saturated heterocycles. The molecule has 0 saturated carbocycles. The van der Waals surface area contributed by atoms with Gasteiger partial charge in [0.1, 0.15) is 5.78 Å². The van der Waals surface area contributed by atoms with E-state index in [2.05, 4.69) is 0 Å². The first-order valence-corrected chi connectivity index (χ1v) is 3.96. The number of ether oxygens (including phenoxy) is 2. The molecule has 1 aliphatic heterocycles. The molecule has 64 valence electrons. The van der Waals surface area contributed by atoms with E-state index in [9.17, 15) is 4.79 Å². The molecule has 0 unspecified atom stereocenters. The third kappa shape index (κ3) is 2.60. The molecule has 0 aromatic heterocycles. The van der Waals surface area contributed by atoms with Crippen LogP contribution in [0.4, 0.5) is 0 Å². The van der Waals surface area contributed by atoms with Gasteiger partial charge in [-0.2, -0.15) is 0 Å². The largest absolute Gasteiger partial charge is 0.350 e. The van der Waals surface area contributed by atoms with Crippen molar-refractivity contribution in [2.75, 3.05) is 13.2 Å². The molecule has 0 amide bonds. The number of hydrogen-bond acceptors (Lipinski definition) is 3. The highest BCUT2D eigenvalue weighted by Crippen LogP contribution is 2.11. The van der Waals surface area contributed by atoms with Crippen LogP contribution in [0.5, 0.6) is 0 Å². The van der Waals surface area contributed by atoms with Crippen LogP contribution in [0.2, 0.25) is 0 Å². The van der Waals surface area contributed by atoms with Crippen LogP contribution in [0, 0.1) is 5.92 Å². The third-order valence-corrected chi connectivity index (χ3v) is 1.70. The number of hydrogen-bond donors (Lipinski definition) is 0. The second-order valence-corrected chi connectivity index (χ2v) is 3.00. The van der Waals surface area contributed by atoms with Crippen molar-refractivity contribution in [2.45, 2.75) is 26.6 Å². The second-order valence-electron chi connectivity index (χ2n) is 3.00. The fraction of sp³-hybridized carbons (Fsp3) is 0.875. The van der Waals surface area contributed by atoms with Gasteiger partial charge in [-0.15, -0.1) is 0 Å². The van der Waals surface area contributed by atoms with Gasteiger partial charge in [0.15, 0.2) is 6.29 Å². The maximum atomic E-state index is 11.1. The van der Waals surface area contributed by atoms with Crippen LogP contribution < -0.4 is 0 Å². The highest BCUT2D eigenvalue weighted by atomic mass is 16.7. The summed E-state index contributed by atoms with van der Waals surface area (Å²) in [7, 11) is 0. The molecule has 0 aliphatic carbocycles. The van der Waals surface area contributed by atoms with E-state index in [0.29, 0.717) is 19.6 Å². The standard InChI is InChI=1S/C8H14O3/c1-6(2)7(9)5-8-10-3-4-11-8/h6,8H,3-5H2,1-2H3. The fourth-order valence-electron chi connectivity index (χ4n) is 0.925.